The van der Waals surface area contributed by atoms with Crippen molar-refractivity contribution in [2.45, 2.75) is 17.4 Å². The lowest BCUT2D eigenvalue weighted by atomic mass is 10.3. The molecule has 1 aliphatic rings. The van der Waals surface area contributed by atoms with E-state index in [1.165, 1.54) is 22.8 Å². The SMILES string of the molecule is COc1ccccc1S(=O)(=O)N1CC[C@H](Oc2nccs2)C1. The molecule has 8 heteroatoms. The summed E-state index contributed by atoms with van der Waals surface area (Å²) in [5.41, 5.74) is 0. The van der Waals surface area contributed by atoms with E-state index in [4.69, 9.17) is 9.47 Å². The highest BCUT2D eigenvalue weighted by Gasteiger charge is 2.35. The molecular weight excluding hydrogens is 324 g/mol. The van der Waals surface area contributed by atoms with Crippen LogP contribution in [0.1, 0.15) is 6.42 Å². The van der Waals surface area contributed by atoms with Crippen molar-refractivity contribution in [2.24, 2.45) is 0 Å². The maximum atomic E-state index is 12.7. The first-order chi connectivity index (χ1) is 10.6. The molecule has 6 nitrogen and oxygen atoms in total. The first-order valence-electron chi connectivity index (χ1n) is 6.80. The van der Waals surface area contributed by atoms with Gasteiger partial charge in [0.2, 0.25) is 10.0 Å². The van der Waals surface area contributed by atoms with Gasteiger partial charge in [0.05, 0.1) is 13.7 Å². The van der Waals surface area contributed by atoms with Crippen LogP contribution in [-0.4, -0.2) is 44.0 Å². The third kappa shape index (κ3) is 2.94. The minimum atomic E-state index is -3.58. The summed E-state index contributed by atoms with van der Waals surface area (Å²) in [5.74, 6) is 0.354. The van der Waals surface area contributed by atoms with Crippen molar-refractivity contribution in [3.63, 3.8) is 0 Å². The van der Waals surface area contributed by atoms with Crippen molar-refractivity contribution < 1.29 is 17.9 Å². The van der Waals surface area contributed by atoms with Gasteiger partial charge in [0.25, 0.3) is 5.19 Å². The average molecular weight is 340 g/mol. The molecule has 0 bridgehead atoms. The molecule has 1 aliphatic heterocycles. The first kappa shape index (κ1) is 15.3. The summed E-state index contributed by atoms with van der Waals surface area (Å²) in [6, 6.07) is 6.64. The van der Waals surface area contributed by atoms with Crippen LogP contribution in [0.2, 0.25) is 0 Å². The van der Waals surface area contributed by atoms with Gasteiger partial charge in [0.15, 0.2) is 0 Å². The molecule has 1 saturated heterocycles. The molecule has 0 saturated carbocycles. The second-order valence-corrected chi connectivity index (χ2v) is 7.60. The van der Waals surface area contributed by atoms with Crippen LogP contribution < -0.4 is 9.47 Å². The van der Waals surface area contributed by atoms with Gasteiger partial charge in [0.1, 0.15) is 16.7 Å². The number of para-hydroxylation sites is 1. The molecule has 1 aromatic heterocycles. The molecule has 1 atom stereocenters. The van der Waals surface area contributed by atoms with Crippen LogP contribution in [0.3, 0.4) is 0 Å². The zero-order valence-corrected chi connectivity index (χ0v) is 13.6. The molecule has 0 unspecified atom stereocenters. The Balaban J connectivity index is 1.76. The second-order valence-electron chi connectivity index (χ2n) is 4.84. The molecule has 2 aromatic rings. The Morgan fingerprint density at radius 3 is 2.91 bits per heavy atom. The predicted molar refractivity (Wildman–Crippen MR) is 82.9 cm³/mol. The van der Waals surface area contributed by atoms with Crippen LogP contribution in [0, 0.1) is 0 Å². The van der Waals surface area contributed by atoms with Gasteiger partial charge in [-0.2, -0.15) is 4.31 Å². The topological polar surface area (TPSA) is 68.7 Å². The summed E-state index contributed by atoms with van der Waals surface area (Å²) < 4.78 is 37.8. The molecule has 0 aliphatic carbocycles. The molecule has 22 heavy (non-hydrogen) atoms. The molecule has 0 radical (unpaired) electrons. The number of aromatic nitrogens is 1. The van der Waals surface area contributed by atoms with E-state index in [-0.39, 0.29) is 11.0 Å². The van der Waals surface area contributed by atoms with Gasteiger partial charge in [-0.05, 0) is 18.6 Å². The Morgan fingerprint density at radius 1 is 1.36 bits per heavy atom. The van der Waals surface area contributed by atoms with Gasteiger partial charge in [-0.1, -0.05) is 23.5 Å². The minimum absolute atomic E-state index is 0.171. The van der Waals surface area contributed by atoms with Gasteiger partial charge in [-0.15, -0.1) is 0 Å². The quantitative estimate of drug-likeness (QED) is 0.833. The third-order valence-electron chi connectivity index (χ3n) is 3.47. The highest BCUT2D eigenvalue weighted by atomic mass is 32.2. The molecule has 3 rings (SSSR count). The zero-order valence-electron chi connectivity index (χ0n) is 12.0. The van der Waals surface area contributed by atoms with Crippen LogP contribution in [0.5, 0.6) is 10.9 Å². The van der Waals surface area contributed by atoms with E-state index in [1.807, 2.05) is 5.38 Å². The number of rotatable bonds is 5. The van der Waals surface area contributed by atoms with Crippen molar-refractivity contribution in [3.05, 3.63) is 35.8 Å². The van der Waals surface area contributed by atoms with E-state index in [0.29, 0.717) is 30.5 Å². The summed E-state index contributed by atoms with van der Waals surface area (Å²) in [5, 5.41) is 2.40. The summed E-state index contributed by atoms with van der Waals surface area (Å²) in [4.78, 5) is 4.25. The summed E-state index contributed by atoms with van der Waals surface area (Å²) >= 11 is 1.40. The lowest BCUT2D eigenvalue weighted by molar-refractivity contribution is 0.214. The average Bonchev–Trinajstić information content (AvgIpc) is 3.19. The van der Waals surface area contributed by atoms with Crippen LogP contribution in [0.25, 0.3) is 0 Å². The second kappa shape index (κ2) is 6.23. The number of nitrogens with zero attached hydrogens (tertiary/aromatic N) is 2. The van der Waals surface area contributed by atoms with Gasteiger partial charge in [-0.25, -0.2) is 13.4 Å². The van der Waals surface area contributed by atoms with E-state index >= 15 is 0 Å². The molecule has 0 spiro atoms. The van der Waals surface area contributed by atoms with E-state index in [1.54, 1.807) is 30.5 Å². The van der Waals surface area contributed by atoms with Crippen LogP contribution >= 0.6 is 11.3 Å². The summed E-state index contributed by atoms with van der Waals surface area (Å²) in [7, 11) is -2.12. The van der Waals surface area contributed by atoms with E-state index < -0.39 is 10.0 Å². The zero-order chi connectivity index (χ0) is 15.6. The fraction of sp³-hybridized carbons (Fsp3) is 0.357. The van der Waals surface area contributed by atoms with Gasteiger partial charge in [-0.3, -0.25) is 0 Å². The fourth-order valence-corrected chi connectivity index (χ4v) is 4.59. The summed E-state index contributed by atoms with van der Waals surface area (Å²) in [6.45, 7) is 0.746. The third-order valence-corrected chi connectivity index (χ3v) is 6.04. The number of sulfonamides is 1. The smallest absolute Gasteiger partial charge is 0.273 e. The number of benzene rings is 1. The van der Waals surface area contributed by atoms with Crippen LogP contribution in [0.4, 0.5) is 0 Å². The van der Waals surface area contributed by atoms with E-state index in [0.717, 1.165) is 0 Å². The Hall–Kier alpha value is -1.64. The number of methoxy groups -OCH3 is 1. The van der Waals surface area contributed by atoms with Crippen molar-refractivity contribution in [2.75, 3.05) is 20.2 Å². The van der Waals surface area contributed by atoms with Crippen molar-refractivity contribution in [3.8, 4) is 10.9 Å². The largest absolute Gasteiger partial charge is 0.495 e. The van der Waals surface area contributed by atoms with Gasteiger partial charge < -0.3 is 9.47 Å². The Kier molecular flexibility index (Phi) is 4.32. The van der Waals surface area contributed by atoms with E-state index in [9.17, 15) is 8.42 Å². The van der Waals surface area contributed by atoms with Crippen LogP contribution in [0.15, 0.2) is 40.7 Å². The number of hydrogen-bond donors (Lipinski definition) is 0. The molecule has 1 aromatic carbocycles. The molecule has 1 fully saturated rings. The van der Waals surface area contributed by atoms with Crippen molar-refractivity contribution in [1.82, 2.24) is 9.29 Å². The lowest BCUT2D eigenvalue weighted by Gasteiger charge is -2.18. The number of hydrogen-bond acceptors (Lipinski definition) is 6. The number of ether oxygens (including phenoxy) is 2. The fourth-order valence-electron chi connectivity index (χ4n) is 2.39. The molecule has 118 valence electrons. The summed E-state index contributed by atoms with van der Waals surface area (Å²) in [6.07, 6.45) is 2.14. The monoisotopic (exact) mass is 340 g/mol. The highest BCUT2D eigenvalue weighted by molar-refractivity contribution is 7.89. The van der Waals surface area contributed by atoms with Gasteiger partial charge >= 0.3 is 0 Å². The van der Waals surface area contributed by atoms with Crippen LogP contribution in [-0.2, 0) is 10.0 Å². The molecule has 0 N–H and O–H groups in total. The normalized spacial score (nSPS) is 19.2. The Labute approximate surface area is 133 Å². The van der Waals surface area contributed by atoms with Crippen molar-refractivity contribution in [1.29, 1.82) is 0 Å². The Morgan fingerprint density at radius 2 is 2.18 bits per heavy atom. The maximum absolute atomic E-state index is 12.7. The Bertz CT molecular complexity index is 731. The molecule has 2 heterocycles. The van der Waals surface area contributed by atoms with Crippen molar-refractivity contribution >= 4 is 21.4 Å². The first-order valence-corrected chi connectivity index (χ1v) is 9.12. The number of thiazole rings is 1. The molecule has 0 amide bonds. The van der Waals surface area contributed by atoms with Gasteiger partial charge in [0, 0.05) is 18.1 Å². The minimum Gasteiger partial charge on any atom is -0.495 e. The van der Waals surface area contributed by atoms with E-state index in [2.05, 4.69) is 4.98 Å². The maximum Gasteiger partial charge on any atom is 0.273 e. The lowest BCUT2D eigenvalue weighted by Crippen LogP contribution is -2.31. The predicted octanol–water partition coefficient (Wildman–Crippen LogP) is 1.99. The highest BCUT2D eigenvalue weighted by Crippen LogP contribution is 2.29. The molecular formula is C14H16N2O4S2. The standard InChI is InChI=1S/C14H16N2O4S2/c1-19-12-4-2-3-5-13(12)22(17,18)16-8-6-11(10-16)20-14-15-7-9-21-14/h2-5,7,9,11H,6,8,10H2,1H3/t11-/m0/s1.